The molecule has 0 aliphatic carbocycles. The lowest BCUT2D eigenvalue weighted by atomic mass is 10.0. The molecule has 1 saturated heterocycles. The minimum absolute atomic E-state index is 0.429. The molecule has 0 bridgehead atoms. The van der Waals surface area contributed by atoms with Gasteiger partial charge in [-0.25, -0.2) is 0 Å². The molecule has 20 heavy (non-hydrogen) atoms. The Bertz CT molecular complexity index is 564. The van der Waals surface area contributed by atoms with E-state index in [4.69, 9.17) is 4.52 Å². The first-order valence-corrected chi connectivity index (χ1v) is 7.38. The van der Waals surface area contributed by atoms with Gasteiger partial charge in [0.25, 0.3) is 0 Å². The lowest BCUT2D eigenvalue weighted by Gasteiger charge is -2.24. The van der Waals surface area contributed by atoms with Crippen molar-refractivity contribution in [3.63, 3.8) is 0 Å². The highest BCUT2D eigenvalue weighted by atomic mass is 16.5. The molecule has 2 aromatic rings. The third-order valence-corrected chi connectivity index (χ3v) is 4.09. The maximum absolute atomic E-state index is 5.46. The fourth-order valence-corrected chi connectivity index (χ4v) is 3.15. The summed E-state index contributed by atoms with van der Waals surface area (Å²) in [6.07, 6.45) is 5.18. The van der Waals surface area contributed by atoms with E-state index in [0.29, 0.717) is 6.04 Å². The average Bonchev–Trinajstić information content (AvgIpc) is 3.06. The summed E-state index contributed by atoms with van der Waals surface area (Å²) in [5, 5.41) is 4.16. The van der Waals surface area contributed by atoms with Crippen LogP contribution in [0.25, 0.3) is 0 Å². The van der Waals surface area contributed by atoms with Crippen LogP contribution >= 0.6 is 0 Å². The van der Waals surface area contributed by atoms with Crippen LogP contribution in [0, 0.1) is 6.92 Å². The molecule has 0 N–H and O–H groups in total. The molecule has 0 amide bonds. The molecule has 106 valence electrons. The molecule has 3 rings (SSSR count). The maximum atomic E-state index is 5.46. The Morgan fingerprint density at radius 1 is 1.40 bits per heavy atom. The number of hydrogen-bond donors (Lipinski definition) is 0. The van der Waals surface area contributed by atoms with Gasteiger partial charge in [-0.1, -0.05) is 18.1 Å². The van der Waals surface area contributed by atoms with Gasteiger partial charge in [0.2, 0.25) is 0 Å². The molecule has 0 aromatic carbocycles. The van der Waals surface area contributed by atoms with Crippen molar-refractivity contribution in [3.8, 4) is 0 Å². The predicted molar refractivity (Wildman–Crippen MR) is 77.2 cm³/mol. The Morgan fingerprint density at radius 3 is 3.05 bits per heavy atom. The van der Waals surface area contributed by atoms with Gasteiger partial charge in [-0.2, -0.15) is 0 Å². The van der Waals surface area contributed by atoms with Crippen molar-refractivity contribution in [3.05, 3.63) is 47.1 Å². The van der Waals surface area contributed by atoms with Gasteiger partial charge in [0.05, 0.1) is 11.4 Å². The second-order valence-corrected chi connectivity index (χ2v) is 5.41. The van der Waals surface area contributed by atoms with Crippen molar-refractivity contribution in [2.24, 2.45) is 0 Å². The largest absolute Gasteiger partial charge is 0.361 e. The third-order valence-electron chi connectivity index (χ3n) is 4.09. The molecule has 4 heteroatoms. The Kier molecular flexibility index (Phi) is 3.83. The fraction of sp³-hybridized carbons (Fsp3) is 0.500. The Labute approximate surface area is 119 Å². The number of hydrogen-bond acceptors (Lipinski definition) is 4. The summed E-state index contributed by atoms with van der Waals surface area (Å²) in [5.74, 6) is 1.04. The molecule has 1 aliphatic heterocycles. The lowest BCUT2D eigenvalue weighted by Crippen LogP contribution is -2.24. The normalized spacial score (nSPS) is 19.6. The van der Waals surface area contributed by atoms with Crippen molar-refractivity contribution in [2.75, 3.05) is 6.54 Å². The van der Waals surface area contributed by atoms with Gasteiger partial charge >= 0.3 is 0 Å². The van der Waals surface area contributed by atoms with E-state index in [-0.39, 0.29) is 0 Å². The number of pyridine rings is 1. The van der Waals surface area contributed by atoms with E-state index in [0.717, 1.165) is 36.7 Å². The van der Waals surface area contributed by atoms with Crippen molar-refractivity contribution in [1.29, 1.82) is 0 Å². The summed E-state index contributed by atoms with van der Waals surface area (Å²) < 4.78 is 5.46. The summed E-state index contributed by atoms with van der Waals surface area (Å²) in [4.78, 5) is 6.94. The molecule has 1 aliphatic rings. The van der Waals surface area contributed by atoms with E-state index in [1.807, 2.05) is 12.3 Å². The first-order chi connectivity index (χ1) is 9.79. The van der Waals surface area contributed by atoms with Crippen LogP contribution in [-0.2, 0) is 13.0 Å². The van der Waals surface area contributed by atoms with Crippen LogP contribution in [0.4, 0.5) is 0 Å². The zero-order chi connectivity index (χ0) is 13.9. The minimum atomic E-state index is 0.429. The average molecular weight is 271 g/mol. The van der Waals surface area contributed by atoms with Crippen molar-refractivity contribution >= 4 is 0 Å². The molecule has 4 nitrogen and oxygen atoms in total. The van der Waals surface area contributed by atoms with Crippen molar-refractivity contribution in [2.45, 2.75) is 45.7 Å². The van der Waals surface area contributed by atoms with Crippen LogP contribution in [0.2, 0.25) is 0 Å². The minimum Gasteiger partial charge on any atom is -0.361 e. The molecule has 0 saturated carbocycles. The smallest absolute Gasteiger partial charge is 0.141 e. The van der Waals surface area contributed by atoms with Crippen LogP contribution in [0.3, 0.4) is 0 Å². The van der Waals surface area contributed by atoms with Gasteiger partial charge in [-0.15, -0.1) is 0 Å². The Hall–Kier alpha value is -1.68. The van der Waals surface area contributed by atoms with E-state index < -0.39 is 0 Å². The van der Waals surface area contributed by atoms with Crippen molar-refractivity contribution in [1.82, 2.24) is 15.0 Å². The van der Waals surface area contributed by atoms with Gasteiger partial charge in [-0.05, 0) is 38.4 Å². The molecular weight excluding hydrogens is 250 g/mol. The number of rotatable bonds is 4. The highest BCUT2D eigenvalue weighted by Crippen LogP contribution is 2.36. The predicted octanol–water partition coefficient (Wildman–Crippen LogP) is 3.28. The monoisotopic (exact) mass is 271 g/mol. The summed E-state index contributed by atoms with van der Waals surface area (Å²) in [7, 11) is 0. The Morgan fingerprint density at radius 2 is 2.30 bits per heavy atom. The van der Waals surface area contributed by atoms with E-state index in [1.54, 1.807) is 0 Å². The SMILES string of the molecule is CCc1onc(C)c1[C@@H]1CCCN1Cc1ccccn1. The van der Waals surface area contributed by atoms with E-state index in [1.165, 1.54) is 18.4 Å². The molecule has 2 aromatic heterocycles. The maximum Gasteiger partial charge on any atom is 0.141 e. The number of aryl methyl sites for hydroxylation is 2. The summed E-state index contributed by atoms with van der Waals surface area (Å²) in [6.45, 7) is 6.20. The van der Waals surface area contributed by atoms with Crippen LogP contribution in [-0.4, -0.2) is 21.6 Å². The van der Waals surface area contributed by atoms with Gasteiger partial charge in [0.1, 0.15) is 5.76 Å². The fourth-order valence-electron chi connectivity index (χ4n) is 3.15. The van der Waals surface area contributed by atoms with Gasteiger partial charge in [0, 0.05) is 30.8 Å². The molecule has 3 heterocycles. The molecule has 1 atom stereocenters. The quantitative estimate of drug-likeness (QED) is 0.856. The highest BCUT2D eigenvalue weighted by molar-refractivity contribution is 5.27. The number of nitrogens with zero attached hydrogens (tertiary/aromatic N) is 3. The van der Waals surface area contributed by atoms with Crippen LogP contribution in [0.15, 0.2) is 28.9 Å². The first-order valence-electron chi connectivity index (χ1n) is 7.38. The molecule has 0 spiro atoms. The zero-order valence-electron chi connectivity index (χ0n) is 12.2. The van der Waals surface area contributed by atoms with E-state index in [2.05, 4.69) is 41.0 Å². The second kappa shape index (κ2) is 5.75. The summed E-state index contributed by atoms with van der Waals surface area (Å²) >= 11 is 0. The molecule has 0 radical (unpaired) electrons. The van der Waals surface area contributed by atoms with E-state index in [9.17, 15) is 0 Å². The lowest BCUT2D eigenvalue weighted by molar-refractivity contribution is 0.242. The highest BCUT2D eigenvalue weighted by Gasteiger charge is 2.31. The van der Waals surface area contributed by atoms with Crippen molar-refractivity contribution < 1.29 is 4.52 Å². The summed E-state index contributed by atoms with van der Waals surface area (Å²) in [5.41, 5.74) is 3.48. The molecule has 1 fully saturated rings. The van der Waals surface area contributed by atoms with Crippen LogP contribution < -0.4 is 0 Å². The van der Waals surface area contributed by atoms with Crippen LogP contribution in [0.5, 0.6) is 0 Å². The number of aromatic nitrogens is 2. The van der Waals surface area contributed by atoms with Gasteiger partial charge in [0.15, 0.2) is 0 Å². The second-order valence-electron chi connectivity index (χ2n) is 5.41. The number of likely N-dealkylation sites (tertiary alicyclic amines) is 1. The standard InChI is InChI=1S/C16H21N3O/c1-3-15-16(12(2)18-20-15)14-8-6-10-19(14)11-13-7-4-5-9-17-13/h4-5,7,9,14H,3,6,8,10-11H2,1-2H3/t14-/m0/s1. The summed E-state index contributed by atoms with van der Waals surface area (Å²) in [6, 6.07) is 6.54. The third kappa shape index (κ3) is 2.48. The molecular formula is C16H21N3O. The topological polar surface area (TPSA) is 42.2 Å². The van der Waals surface area contributed by atoms with Gasteiger partial charge < -0.3 is 4.52 Å². The van der Waals surface area contributed by atoms with Gasteiger partial charge in [-0.3, -0.25) is 9.88 Å². The molecule has 0 unspecified atom stereocenters. The zero-order valence-corrected chi connectivity index (χ0v) is 12.2. The first kappa shape index (κ1) is 13.3. The van der Waals surface area contributed by atoms with Crippen LogP contribution in [0.1, 0.15) is 48.5 Å². The van der Waals surface area contributed by atoms with E-state index >= 15 is 0 Å². The Balaban J connectivity index is 1.83.